The van der Waals surface area contributed by atoms with Crippen LogP contribution < -0.4 is 10.2 Å². The second kappa shape index (κ2) is 8.73. The van der Waals surface area contributed by atoms with Gasteiger partial charge in [0.2, 0.25) is 11.8 Å². The van der Waals surface area contributed by atoms with Crippen LogP contribution in [-0.2, 0) is 9.59 Å². The number of allylic oxidation sites excluding steroid dienone is 1. The van der Waals surface area contributed by atoms with Gasteiger partial charge in [0.1, 0.15) is 0 Å². The maximum atomic E-state index is 12.5. The zero-order chi connectivity index (χ0) is 17.5. The van der Waals surface area contributed by atoms with Gasteiger partial charge in [-0.15, -0.1) is 0 Å². The summed E-state index contributed by atoms with van der Waals surface area (Å²) in [5.74, 6) is -2.06. The van der Waals surface area contributed by atoms with Crippen molar-refractivity contribution in [3.63, 3.8) is 0 Å². The highest BCUT2D eigenvalue weighted by Crippen LogP contribution is 2.21. The van der Waals surface area contributed by atoms with E-state index in [4.69, 9.17) is 0 Å². The number of aliphatic imine (C=N–C) groups is 1. The van der Waals surface area contributed by atoms with Gasteiger partial charge in [0.15, 0.2) is 5.92 Å². The SMILES string of the molecule is C[NH+](C)CCN=CC1C(=O)NC(=O)N(CCC2=CCCCC2)C1=O. The first kappa shape index (κ1) is 18.3. The molecule has 0 spiro atoms. The molecule has 4 amide bonds. The van der Waals surface area contributed by atoms with Crippen molar-refractivity contribution in [2.75, 3.05) is 33.7 Å². The van der Waals surface area contributed by atoms with Crippen LogP contribution in [-0.4, -0.2) is 62.7 Å². The van der Waals surface area contributed by atoms with Gasteiger partial charge in [0.05, 0.1) is 27.2 Å². The molecule has 1 aliphatic heterocycles. The van der Waals surface area contributed by atoms with Crippen molar-refractivity contribution in [3.8, 4) is 0 Å². The third-order valence-electron chi connectivity index (χ3n) is 4.33. The van der Waals surface area contributed by atoms with E-state index < -0.39 is 23.8 Å². The monoisotopic (exact) mass is 335 g/mol. The first-order chi connectivity index (χ1) is 11.5. The highest BCUT2D eigenvalue weighted by atomic mass is 16.2. The molecule has 1 unspecified atom stereocenters. The number of hydrogen-bond donors (Lipinski definition) is 2. The number of nitrogens with zero attached hydrogens (tertiary/aromatic N) is 2. The largest absolute Gasteiger partial charge is 0.338 e. The molecule has 0 saturated carbocycles. The first-order valence-electron chi connectivity index (χ1n) is 8.62. The van der Waals surface area contributed by atoms with Crippen molar-refractivity contribution in [2.24, 2.45) is 10.9 Å². The number of likely N-dealkylation sites (N-methyl/N-ethyl adjacent to an activating group) is 1. The smallest absolute Gasteiger partial charge is 0.330 e. The average Bonchev–Trinajstić information content (AvgIpc) is 2.54. The number of rotatable bonds is 7. The van der Waals surface area contributed by atoms with Crippen molar-refractivity contribution < 1.29 is 19.3 Å². The van der Waals surface area contributed by atoms with Crippen LogP contribution in [0.15, 0.2) is 16.6 Å². The fraction of sp³-hybridized carbons (Fsp3) is 0.647. The van der Waals surface area contributed by atoms with E-state index in [0.29, 0.717) is 19.5 Å². The Hall–Kier alpha value is -2.02. The molecule has 0 radical (unpaired) electrons. The van der Waals surface area contributed by atoms with Crippen LogP contribution in [0.2, 0.25) is 0 Å². The number of hydrogen-bond acceptors (Lipinski definition) is 4. The lowest BCUT2D eigenvalue weighted by Crippen LogP contribution is -3.06. The number of nitrogens with one attached hydrogen (secondary N) is 2. The molecule has 2 aliphatic rings. The lowest BCUT2D eigenvalue weighted by molar-refractivity contribution is -0.856. The molecule has 0 bridgehead atoms. The summed E-state index contributed by atoms with van der Waals surface area (Å²) in [6.45, 7) is 1.67. The number of amides is 4. The van der Waals surface area contributed by atoms with Crippen LogP contribution in [0.4, 0.5) is 4.79 Å². The zero-order valence-corrected chi connectivity index (χ0v) is 14.5. The third-order valence-corrected chi connectivity index (χ3v) is 4.33. The van der Waals surface area contributed by atoms with Gasteiger partial charge in [-0.3, -0.25) is 24.8 Å². The highest BCUT2D eigenvalue weighted by molar-refractivity contribution is 6.23. The quantitative estimate of drug-likeness (QED) is 0.383. The topological polar surface area (TPSA) is 83.3 Å². The minimum atomic E-state index is -1.000. The molecule has 1 aliphatic carbocycles. The van der Waals surface area contributed by atoms with E-state index in [1.807, 2.05) is 14.1 Å². The first-order valence-corrected chi connectivity index (χ1v) is 8.62. The molecule has 0 aromatic carbocycles. The highest BCUT2D eigenvalue weighted by Gasteiger charge is 2.39. The third kappa shape index (κ3) is 4.99. The van der Waals surface area contributed by atoms with Gasteiger partial charge in [-0.1, -0.05) is 11.6 Å². The van der Waals surface area contributed by atoms with Crippen molar-refractivity contribution >= 4 is 24.1 Å². The number of carbonyl (C=O) groups excluding carboxylic acids is 3. The zero-order valence-electron chi connectivity index (χ0n) is 14.5. The molecule has 0 aromatic heterocycles. The average molecular weight is 335 g/mol. The molecule has 24 heavy (non-hydrogen) atoms. The van der Waals surface area contributed by atoms with E-state index >= 15 is 0 Å². The molecule has 1 heterocycles. The van der Waals surface area contributed by atoms with Gasteiger partial charge in [-0.2, -0.15) is 0 Å². The van der Waals surface area contributed by atoms with Crippen molar-refractivity contribution in [2.45, 2.75) is 32.1 Å². The van der Waals surface area contributed by atoms with Gasteiger partial charge in [0, 0.05) is 12.8 Å². The standard InChI is InChI=1S/C17H26N4O3/c1-20(2)11-9-18-12-14-15(22)19-17(24)21(16(14)23)10-8-13-6-4-3-5-7-13/h6,12,14H,3-5,7-11H2,1-2H3,(H,19,22,24)/p+1. The molecular weight excluding hydrogens is 308 g/mol. The molecule has 132 valence electrons. The lowest BCUT2D eigenvalue weighted by Gasteiger charge is -2.29. The van der Waals surface area contributed by atoms with Gasteiger partial charge in [0.25, 0.3) is 0 Å². The Morgan fingerprint density at radius 3 is 2.79 bits per heavy atom. The molecular formula is C17H27N4O3+. The molecule has 1 atom stereocenters. The van der Waals surface area contributed by atoms with Crippen LogP contribution in [0.25, 0.3) is 0 Å². The Kier molecular flexibility index (Phi) is 6.66. The molecule has 1 fully saturated rings. The molecule has 0 aromatic rings. The Labute approximate surface area is 142 Å². The van der Waals surface area contributed by atoms with Crippen LogP contribution in [0.5, 0.6) is 0 Å². The fourth-order valence-corrected chi connectivity index (χ4v) is 2.83. The van der Waals surface area contributed by atoms with E-state index in [-0.39, 0.29) is 0 Å². The van der Waals surface area contributed by atoms with Crippen LogP contribution in [0, 0.1) is 5.92 Å². The van der Waals surface area contributed by atoms with E-state index in [2.05, 4.69) is 16.4 Å². The van der Waals surface area contributed by atoms with Crippen LogP contribution in [0.1, 0.15) is 32.1 Å². The van der Waals surface area contributed by atoms with Crippen LogP contribution >= 0.6 is 0 Å². The number of urea groups is 1. The Balaban J connectivity index is 1.95. The number of imide groups is 2. The Morgan fingerprint density at radius 2 is 2.12 bits per heavy atom. The van der Waals surface area contributed by atoms with Gasteiger partial charge < -0.3 is 4.90 Å². The second-order valence-electron chi connectivity index (χ2n) is 6.63. The Bertz CT molecular complexity index is 554. The number of barbiturate groups is 1. The van der Waals surface area contributed by atoms with Gasteiger partial charge in [-0.05, 0) is 32.1 Å². The maximum absolute atomic E-state index is 12.5. The number of quaternary nitrogens is 1. The molecule has 1 saturated heterocycles. The second-order valence-corrected chi connectivity index (χ2v) is 6.63. The minimum absolute atomic E-state index is 0.315. The predicted octanol–water partition coefficient (Wildman–Crippen LogP) is -0.213. The minimum Gasteiger partial charge on any atom is -0.338 e. The summed E-state index contributed by atoms with van der Waals surface area (Å²) < 4.78 is 0. The molecule has 7 nitrogen and oxygen atoms in total. The summed E-state index contributed by atoms with van der Waals surface area (Å²) in [5, 5.41) is 2.26. The molecule has 2 N–H and O–H groups in total. The molecule has 7 heteroatoms. The van der Waals surface area contributed by atoms with Crippen LogP contribution in [0.3, 0.4) is 0 Å². The van der Waals surface area contributed by atoms with E-state index in [0.717, 1.165) is 30.7 Å². The maximum Gasteiger partial charge on any atom is 0.330 e. The van der Waals surface area contributed by atoms with E-state index in [9.17, 15) is 14.4 Å². The normalized spacial score (nSPS) is 22.3. The predicted molar refractivity (Wildman–Crippen MR) is 90.9 cm³/mol. The van der Waals surface area contributed by atoms with E-state index in [1.54, 1.807) is 0 Å². The summed E-state index contributed by atoms with van der Waals surface area (Å²) in [7, 11) is 4.02. The summed E-state index contributed by atoms with van der Waals surface area (Å²) in [6.07, 6.45) is 8.71. The van der Waals surface area contributed by atoms with Crippen molar-refractivity contribution in [1.82, 2.24) is 10.2 Å². The van der Waals surface area contributed by atoms with Gasteiger partial charge >= 0.3 is 6.03 Å². The fourth-order valence-electron chi connectivity index (χ4n) is 2.83. The van der Waals surface area contributed by atoms with Crippen molar-refractivity contribution in [1.29, 1.82) is 0 Å². The van der Waals surface area contributed by atoms with Crippen molar-refractivity contribution in [3.05, 3.63) is 11.6 Å². The molecule has 2 rings (SSSR count). The summed E-state index contributed by atoms with van der Waals surface area (Å²) in [6, 6.07) is -0.621. The summed E-state index contributed by atoms with van der Waals surface area (Å²) >= 11 is 0. The summed E-state index contributed by atoms with van der Waals surface area (Å²) in [4.78, 5) is 42.9. The summed E-state index contributed by atoms with van der Waals surface area (Å²) in [5.41, 5.74) is 1.29. The Morgan fingerprint density at radius 1 is 1.33 bits per heavy atom. The number of carbonyl (C=O) groups is 3. The van der Waals surface area contributed by atoms with E-state index in [1.165, 1.54) is 23.1 Å². The van der Waals surface area contributed by atoms with Gasteiger partial charge in [-0.25, -0.2) is 4.79 Å². The lowest BCUT2D eigenvalue weighted by atomic mass is 9.97.